The fourth-order valence-corrected chi connectivity index (χ4v) is 8.97. The number of fused-ring (bicyclic) bond motifs is 2. The Bertz CT molecular complexity index is 3560. The molecule has 22 heteroatoms. The van der Waals surface area contributed by atoms with E-state index >= 15 is 0 Å². The monoisotopic (exact) mass is 1100 g/mol. The fourth-order valence-electron chi connectivity index (χ4n) is 7.22. The summed E-state index contributed by atoms with van der Waals surface area (Å²) in [6.45, 7) is 0. The molecular formula is C51H50BBrF2N4O12S2. The van der Waals surface area contributed by atoms with Crippen LogP contribution in [0.4, 0.5) is 20.2 Å². The van der Waals surface area contributed by atoms with E-state index in [9.17, 15) is 40.0 Å². The van der Waals surface area contributed by atoms with Gasteiger partial charge in [-0.1, -0.05) is 43.8 Å². The van der Waals surface area contributed by atoms with Crippen molar-refractivity contribution in [3.8, 4) is 39.5 Å². The van der Waals surface area contributed by atoms with Gasteiger partial charge in [-0.2, -0.15) is 0 Å². The van der Waals surface area contributed by atoms with E-state index in [-0.39, 0.29) is 41.9 Å². The summed E-state index contributed by atoms with van der Waals surface area (Å²) in [6.07, 6.45) is 2.85. The second-order valence-electron chi connectivity index (χ2n) is 15.8. The number of benzene rings is 6. The van der Waals surface area contributed by atoms with Gasteiger partial charge in [0, 0.05) is 77.8 Å². The molecular weight excluding hydrogens is 1050 g/mol. The molecule has 73 heavy (non-hydrogen) atoms. The van der Waals surface area contributed by atoms with Gasteiger partial charge in [-0.05, 0) is 99.8 Å². The lowest BCUT2D eigenvalue weighted by molar-refractivity contribution is 0.0956. The lowest BCUT2D eigenvalue weighted by Crippen LogP contribution is -2.29. The lowest BCUT2D eigenvalue weighted by atomic mass is 9.80. The number of methoxy groups -OCH3 is 1. The van der Waals surface area contributed by atoms with Crippen LogP contribution >= 0.6 is 15.9 Å². The predicted octanol–water partition coefficient (Wildman–Crippen LogP) is 8.24. The first-order valence-corrected chi connectivity index (χ1v) is 25.8. The largest absolute Gasteiger partial charge is 0.497 e. The number of carbonyl (C=O) groups is 3. The van der Waals surface area contributed by atoms with Crippen molar-refractivity contribution in [3.05, 3.63) is 154 Å². The normalized spacial score (nSPS) is 11.0. The van der Waals surface area contributed by atoms with Crippen molar-refractivity contribution in [2.45, 2.75) is 7.43 Å². The number of nitrogens with zero attached hydrogens (tertiary/aromatic N) is 2. The molecule has 4 N–H and O–H groups in total. The van der Waals surface area contributed by atoms with Gasteiger partial charge >= 0.3 is 7.12 Å². The van der Waals surface area contributed by atoms with E-state index in [0.29, 0.717) is 83.1 Å². The van der Waals surface area contributed by atoms with Crippen molar-refractivity contribution in [2.24, 2.45) is 0 Å². The Morgan fingerprint density at radius 2 is 1.14 bits per heavy atom. The van der Waals surface area contributed by atoms with E-state index in [1.165, 1.54) is 88.9 Å². The first-order chi connectivity index (χ1) is 34.0. The van der Waals surface area contributed by atoms with Crippen molar-refractivity contribution in [1.29, 1.82) is 0 Å². The fraction of sp³-hybridized carbons (Fsp3) is 0.157. The Morgan fingerprint density at radius 3 is 1.59 bits per heavy atom. The molecule has 0 saturated carbocycles. The smallest absolute Gasteiger partial charge is 0.488 e. The van der Waals surface area contributed by atoms with Gasteiger partial charge in [0.2, 0.25) is 20.0 Å². The van der Waals surface area contributed by atoms with Gasteiger partial charge in [-0.25, -0.2) is 25.6 Å². The highest BCUT2D eigenvalue weighted by atomic mass is 79.9. The van der Waals surface area contributed by atoms with Crippen LogP contribution in [0.15, 0.2) is 135 Å². The van der Waals surface area contributed by atoms with Crippen LogP contribution < -0.4 is 29.4 Å². The third-order valence-corrected chi connectivity index (χ3v) is 14.1. The molecule has 0 unspecified atom stereocenters. The molecule has 0 aliphatic carbocycles. The molecule has 2 aromatic heterocycles. The molecule has 8 rings (SSSR count). The molecule has 0 atom stereocenters. The van der Waals surface area contributed by atoms with Gasteiger partial charge in [0.05, 0.1) is 42.1 Å². The summed E-state index contributed by atoms with van der Waals surface area (Å²) in [4.78, 5) is 35.6. The first kappa shape index (κ1) is 56.5. The Kier molecular flexibility index (Phi) is 18.2. The highest BCUT2D eigenvalue weighted by Gasteiger charge is 2.27. The molecule has 0 aliphatic rings. The third-order valence-electron chi connectivity index (χ3n) is 11.1. The molecule has 6 aromatic carbocycles. The summed E-state index contributed by atoms with van der Waals surface area (Å²) >= 11 is 3.36. The molecule has 0 fully saturated rings. The number of furan rings is 2. The zero-order valence-corrected chi connectivity index (χ0v) is 42.7. The van der Waals surface area contributed by atoms with E-state index < -0.39 is 38.8 Å². The average Bonchev–Trinajstić information content (AvgIpc) is 3.93. The molecule has 382 valence electrons. The van der Waals surface area contributed by atoms with E-state index in [0.717, 1.165) is 21.1 Å². The number of hydrogen-bond donors (Lipinski definition) is 4. The van der Waals surface area contributed by atoms with Crippen LogP contribution in [0.3, 0.4) is 0 Å². The Labute approximate surface area is 429 Å². The summed E-state index contributed by atoms with van der Waals surface area (Å²) in [7, 11) is -1.19. The molecule has 0 aliphatic heterocycles. The molecule has 8 aromatic rings. The van der Waals surface area contributed by atoms with Gasteiger partial charge in [0.15, 0.2) is 0 Å². The van der Waals surface area contributed by atoms with Crippen molar-refractivity contribution in [2.75, 3.05) is 56.4 Å². The quantitative estimate of drug-likeness (QED) is 0.0670. The van der Waals surface area contributed by atoms with Crippen LogP contribution in [-0.4, -0.2) is 99.9 Å². The number of aldehydes is 1. The predicted molar refractivity (Wildman–Crippen MR) is 285 cm³/mol. The number of anilines is 2. The van der Waals surface area contributed by atoms with E-state index in [4.69, 9.17) is 23.6 Å². The van der Waals surface area contributed by atoms with Crippen LogP contribution in [0.2, 0.25) is 0 Å². The SMILES string of the molecule is C.CNC(=O)c1c(-c2ccc(F)cc2)oc2cc(N(C)S(C)(=O)=O)c(-c3cccc(OC)c3)cc12.CNC(=O)c1c(-c2ccc(F)cc2)oc2cc(N(C)S(C)(=O)=O)c(Br)cc12.O=Cc1cccc(B(O)O)c1. The van der Waals surface area contributed by atoms with Gasteiger partial charge in [-0.15, -0.1) is 0 Å². The minimum Gasteiger partial charge on any atom is -0.497 e. The zero-order chi connectivity index (χ0) is 52.8. The molecule has 2 amide bonds. The van der Waals surface area contributed by atoms with E-state index in [1.807, 2.05) is 6.07 Å². The summed E-state index contributed by atoms with van der Waals surface area (Å²) in [5.41, 5.74) is 5.00. The maximum atomic E-state index is 13.5. The standard InChI is InChI=1S/C25H23FN2O5S.C18H16BrFN2O4S.C7H7BO3.CH4/c1-27-25(29)23-20-13-19(16-6-5-7-18(12-16)32-3)21(28(2)34(4,30)31)14-22(20)33-24(23)15-8-10-17(26)11-9-15;1-21-18(23)16-12-8-13(19)14(22(2)27(3,24)25)9-15(12)26-17(16)10-4-6-11(20)7-5-10;9-5-6-2-1-3-7(4-6)8(10)11;/h5-14H,1-4H3,(H,27,29);4-9H,1-3H3,(H,21,23);1-5,10-11H;1H4. The molecule has 0 saturated heterocycles. The number of carbonyl (C=O) groups excluding carboxylic acids is 3. The van der Waals surface area contributed by atoms with Gasteiger partial charge in [0.25, 0.3) is 11.8 Å². The van der Waals surface area contributed by atoms with Gasteiger partial charge in [-0.3, -0.25) is 23.0 Å². The van der Waals surface area contributed by atoms with E-state index in [2.05, 4.69) is 26.6 Å². The topological polar surface area (TPSA) is 226 Å². The van der Waals surface area contributed by atoms with Crippen molar-refractivity contribution < 1.29 is 63.6 Å². The van der Waals surface area contributed by atoms with Crippen LogP contribution in [0.5, 0.6) is 5.75 Å². The number of ether oxygens (including phenoxy) is 1. The number of hydrogen-bond acceptors (Lipinski definition) is 12. The minimum absolute atomic E-state index is 0. The van der Waals surface area contributed by atoms with Crippen LogP contribution in [0.25, 0.3) is 55.7 Å². The molecule has 0 spiro atoms. The highest BCUT2D eigenvalue weighted by molar-refractivity contribution is 9.10. The average molecular weight is 1100 g/mol. The Morgan fingerprint density at radius 1 is 0.671 bits per heavy atom. The number of sulfonamides is 2. The lowest BCUT2D eigenvalue weighted by Gasteiger charge is -2.21. The molecule has 16 nitrogen and oxygen atoms in total. The summed E-state index contributed by atoms with van der Waals surface area (Å²) in [5, 5.41) is 23.5. The maximum Gasteiger partial charge on any atom is 0.488 e. The van der Waals surface area contributed by atoms with Crippen LogP contribution in [0.1, 0.15) is 38.5 Å². The van der Waals surface area contributed by atoms with Crippen LogP contribution in [0, 0.1) is 11.6 Å². The Balaban J connectivity index is 0.000000225. The second kappa shape index (κ2) is 23.5. The van der Waals surface area contributed by atoms with Crippen molar-refractivity contribution >= 4 is 100.0 Å². The number of rotatable bonds is 12. The zero-order valence-electron chi connectivity index (χ0n) is 39.5. The second-order valence-corrected chi connectivity index (χ2v) is 20.7. The van der Waals surface area contributed by atoms with Gasteiger partial charge in [0.1, 0.15) is 46.4 Å². The molecule has 0 bridgehead atoms. The molecule has 2 heterocycles. The maximum absolute atomic E-state index is 13.5. The van der Waals surface area contributed by atoms with Crippen molar-refractivity contribution in [1.82, 2.24) is 10.6 Å². The number of nitrogens with one attached hydrogen (secondary N) is 2. The van der Waals surface area contributed by atoms with Crippen molar-refractivity contribution in [3.63, 3.8) is 0 Å². The summed E-state index contributed by atoms with van der Waals surface area (Å²) < 4.78 is 95.4. The minimum atomic E-state index is -3.61. The summed E-state index contributed by atoms with van der Waals surface area (Å²) in [5.74, 6) is -0.463. The Hall–Kier alpha value is -7.37. The molecule has 0 radical (unpaired) electrons. The first-order valence-electron chi connectivity index (χ1n) is 21.3. The van der Waals surface area contributed by atoms with Gasteiger partial charge < -0.3 is 34.3 Å². The number of halogens is 3. The third kappa shape index (κ3) is 12.8. The van der Waals surface area contributed by atoms with Crippen LogP contribution in [-0.2, 0) is 20.0 Å². The summed E-state index contributed by atoms with van der Waals surface area (Å²) in [6, 6.07) is 31.0. The highest BCUT2D eigenvalue weighted by Crippen LogP contribution is 2.43. The number of amides is 2. The van der Waals surface area contributed by atoms with E-state index in [1.54, 1.807) is 61.7 Å².